The van der Waals surface area contributed by atoms with E-state index in [-0.39, 0.29) is 5.25 Å². The molecule has 4 heteroatoms. The zero-order valence-electron chi connectivity index (χ0n) is 9.63. The summed E-state index contributed by atoms with van der Waals surface area (Å²) in [5, 5.41) is 0.136. The number of thioether (sulfide) groups is 1. The quantitative estimate of drug-likeness (QED) is 0.827. The molecule has 0 fully saturated rings. The van der Waals surface area contributed by atoms with Crippen LogP contribution < -0.4 is 10.5 Å². The van der Waals surface area contributed by atoms with Crippen LogP contribution in [-0.2, 0) is 0 Å². The number of hydrogen-bond donors (Lipinski definition) is 1. The highest BCUT2D eigenvalue weighted by Gasteiger charge is 2.14. The van der Waals surface area contributed by atoms with Gasteiger partial charge in [-0.3, -0.25) is 0 Å². The zero-order valence-corrected chi connectivity index (χ0v) is 10.4. The Morgan fingerprint density at radius 3 is 2.88 bits per heavy atom. The standard InChI is InChI=1S/C13H15NO2S/c1-15-10-4-2-5-11(8-10)17-13(9-14)12-6-3-7-16-12/h2-8,13H,9,14H2,1H3. The second-order valence-electron chi connectivity index (χ2n) is 3.54. The Bertz CT molecular complexity index is 456. The second kappa shape index (κ2) is 5.80. The molecule has 1 aromatic carbocycles. The van der Waals surface area contributed by atoms with Crippen molar-refractivity contribution < 1.29 is 9.15 Å². The van der Waals surface area contributed by atoms with Gasteiger partial charge in [0.15, 0.2) is 0 Å². The second-order valence-corrected chi connectivity index (χ2v) is 4.81. The predicted molar refractivity (Wildman–Crippen MR) is 69.4 cm³/mol. The molecule has 2 N–H and O–H groups in total. The summed E-state index contributed by atoms with van der Waals surface area (Å²) < 4.78 is 10.6. The lowest BCUT2D eigenvalue weighted by Gasteiger charge is -2.12. The van der Waals surface area contributed by atoms with Crippen molar-refractivity contribution in [2.24, 2.45) is 5.73 Å². The Labute approximate surface area is 105 Å². The van der Waals surface area contributed by atoms with Crippen molar-refractivity contribution in [3.63, 3.8) is 0 Å². The fourth-order valence-electron chi connectivity index (χ4n) is 1.54. The zero-order chi connectivity index (χ0) is 12.1. The Balaban J connectivity index is 2.13. The van der Waals surface area contributed by atoms with Gasteiger partial charge in [0.1, 0.15) is 11.5 Å². The summed E-state index contributed by atoms with van der Waals surface area (Å²) in [7, 11) is 1.66. The highest BCUT2D eigenvalue weighted by Crippen LogP contribution is 2.35. The van der Waals surface area contributed by atoms with Crippen LogP contribution in [0.3, 0.4) is 0 Å². The van der Waals surface area contributed by atoms with E-state index in [9.17, 15) is 0 Å². The number of ether oxygens (including phenoxy) is 1. The van der Waals surface area contributed by atoms with Gasteiger partial charge in [-0.25, -0.2) is 0 Å². The predicted octanol–water partition coefficient (Wildman–Crippen LogP) is 3.08. The minimum absolute atomic E-state index is 0.136. The number of methoxy groups -OCH3 is 1. The van der Waals surface area contributed by atoms with Gasteiger partial charge in [-0.05, 0) is 30.3 Å². The lowest BCUT2D eigenvalue weighted by molar-refractivity contribution is 0.413. The topological polar surface area (TPSA) is 48.4 Å². The maximum absolute atomic E-state index is 5.77. The average Bonchev–Trinajstić information content (AvgIpc) is 2.90. The van der Waals surface area contributed by atoms with Crippen molar-refractivity contribution in [1.82, 2.24) is 0 Å². The molecular formula is C13H15NO2S. The van der Waals surface area contributed by atoms with E-state index in [0.717, 1.165) is 16.4 Å². The molecule has 0 saturated carbocycles. The Hall–Kier alpha value is -1.39. The van der Waals surface area contributed by atoms with Crippen molar-refractivity contribution in [1.29, 1.82) is 0 Å². The SMILES string of the molecule is COc1cccc(SC(CN)c2ccco2)c1. The molecular weight excluding hydrogens is 234 g/mol. The van der Waals surface area contributed by atoms with Crippen LogP contribution in [-0.4, -0.2) is 13.7 Å². The third kappa shape index (κ3) is 3.05. The first kappa shape index (κ1) is 12.1. The molecule has 1 aromatic heterocycles. The molecule has 0 aliphatic heterocycles. The minimum Gasteiger partial charge on any atom is -0.497 e. The largest absolute Gasteiger partial charge is 0.497 e. The smallest absolute Gasteiger partial charge is 0.119 e. The minimum atomic E-state index is 0.136. The lowest BCUT2D eigenvalue weighted by Crippen LogP contribution is -2.08. The summed E-state index contributed by atoms with van der Waals surface area (Å²) in [5.74, 6) is 1.76. The molecule has 1 atom stereocenters. The van der Waals surface area contributed by atoms with Crippen LogP contribution in [0.4, 0.5) is 0 Å². The third-order valence-corrected chi connectivity index (χ3v) is 3.63. The summed E-state index contributed by atoms with van der Waals surface area (Å²) >= 11 is 1.68. The third-order valence-electron chi connectivity index (χ3n) is 2.39. The molecule has 1 unspecified atom stereocenters. The van der Waals surface area contributed by atoms with E-state index < -0.39 is 0 Å². The molecule has 0 aliphatic rings. The van der Waals surface area contributed by atoms with Gasteiger partial charge in [0, 0.05) is 11.4 Å². The van der Waals surface area contributed by atoms with E-state index in [1.165, 1.54) is 0 Å². The molecule has 0 saturated heterocycles. The first-order valence-electron chi connectivity index (χ1n) is 5.37. The average molecular weight is 249 g/mol. The Morgan fingerprint density at radius 2 is 2.24 bits per heavy atom. The van der Waals surface area contributed by atoms with Crippen LogP contribution in [0.25, 0.3) is 0 Å². The number of benzene rings is 1. The van der Waals surface area contributed by atoms with E-state index in [2.05, 4.69) is 0 Å². The van der Waals surface area contributed by atoms with Crippen molar-refractivity contribution in [3.05, 3.63) is 48.4 Å². The van der Waals surface area contributed by atoms with Crippen LogP contribution in [0.5, 0.6) is 5.75 Å². The van der Waals surface area contributed by atoms with E-state index in [1.54, 1.807) is 25.1 Å². The van der Waals surface area contributed by atoms with Gasteiger partial charge in [0.05, 0.1) is 18.6 Å². The van der Waals surface area contributed by atoms with Crippen LogP contribution in [0, 0.1) is 0 Å². The van der Waals surface area contributed by atoms with Crippen molar-refractivity contribution >= 4 is 11.8 Å². The molecule has 1 heterocycles. The normalized spacial score (nSPS) is 12.4. The van der Waals surface area contributed by atoms with Crippen LogP contribution >= 0.6 is 11.8 Å². The van der Waals surface area contributed by atoms with Crippen molar-refractivity contribution in [2.75, 3.05) is 13.7 Å². The van der Waals surface area contributed by atoms with Gasteiger partial charge < -0.3 is 14.9 Å². The van der Waals surface area contributed by atoms with Gasteiger partial charge in [-0.2, -0.15) is 0 Å². The van der Waals surface area contributed by atoms with E-state index in [4.69, 9.17) is 14.9 Å². The summed E-state index contributed by atoms with van der Waals surface area (Å²) in [6.07, 6.45) is 1.67. The molecule has 2 rings (SSSR count). The van der Waals surface area contributed by atoms with Crippen LogP contribution in [0.1, 0.15) is 11.0 Å². The maximum Gasteiger partial charge on any atom is 0.119 e. The maximum atomic E-state index is 5.77. The highest BCUT2D eigenvalue weighted by molar-refractivity contribution is 7.99. The van der Waals surface area contributed by atoms with Gasteiger partial charge in [0.2, 0.25) is 0 Å². The van der Waals surface area contributed by atoms with Gasteiger partial charge in [0.25, 0.3) is 0 Å². The first-order valence-corrected chi connectivity index (χ1v) is 6.25. The van der Waals surface area contributed by atoms with E-state index in [0.29, 0.717) is 6.54 Å². The lowest BCUT2D eigenvalue weighted by atomic mass is 10.3. The highest BCUT2D eigenvalue weighted by atomic mass is 32.2. The number of hydrogen-bond acceptors (Lipinski definition) is 4. The first-order chi connectivity index (χ1) is 8.33. The molecule has 90 valence electrons. The summed E-state index contributed by atoms with van der Waals surface area (Å²) in [6, 6.07) is 11.8. The van der Waals surface area contributed by atoms with Gasteiger partial charge in [-0.1, -0.05) is 6.07 Å². The molecule has 0 amide bonds. The van der Waals surface area contributed by atoms with Gasteiger partial charge in [-0.15, -0.1) is 11.8 Å². The fourth-order valence-corrected chi connectivity index (χ4v) is 2.55. The summed E-state index contributed by atoms with van der Waals surface area (Å²) in [6.45, 7) is 0.537. The molecule has 0 radical (unpaired) electrons. The Morgan fingerprint density at radius 1 is 1.35 bits per heavy atom. The van der Waals surface area contributed by atoms with Crippen molar-refractivity contribution in [3.8, 4) is 5.75 Å². The van der Waals surface area contributed by atoms with Crippen LogP contribution in [0.15, 0.2) is 52.0 Å². The number of rotatable bonds is 5. The molecule has 2 aromatic rings. The summed E-state index contributed by atoms with van der Waals surface area (Å²) in [4.78, 5) is 1.12. The molecule has 3 nitrogen and oxygen atoms in total. The monoisotopic (exact) mass is 249 g/mol. The fraction of sp³-hybridized carbons (Fsp3) is 0.231. The van der Waals surface area contributed by atoms with Crippen molar-refractivity contribution in [2.45, 2.75) is 10.1 Å². The molecule has 17 heavy (non-hydrogen) atoms. The number of furan rings is 1. The Kier molecular flexibility index (Phi) is 4.12. The van der Waals surface area contributed by atoms with E-state index >= 15 is 0 Å². The van der Waals surface area contributed by atoms with Gasteiger partial charge >= 0.3 is 0 Å². The molecule has 0 spiro atoms. The summed E-state index contributed by atoms with van der Waals surface area (Å²) in [5.41, 5.74) is 5.77. The number of nitrogens with two attached hydrogens (primary N) is 1. The molecule has 0 aliphatic carbocycles. The van der Waals surface area contributed by atoms with Crippen LogP contribution in [0.2, 0.25) is 0 Å². The molecule has 0 bridgehead atoms. The van der Waals surface area contributed by atoms with E-state index in [1.807, 2.05) is 36.4 Å².